The van der Waals surface area contributed by atoms with E-state index in [-0.39, 0.29) is 12.0 Å². The maximum absolute atomic E-state index is 13.0. The Morgan fingerprint density at radius 1 is 1.08 bits per heavy atom. The number of pyridine rings is 2. The number of nitrogens with zero attached hydrogens (tertiary/aromatic N) is 4. The predicted octanol–water partition coefficient (Wildman–Crippen LogP) is 2.29. The van der Waals surface area contributed by atoms with E-state index in [4.69, 9.17) is 4.74 Å². The summed E-state index contributed by atoms with van der Waals surface area (Å²) in [5, 5.41) is 0. The van der Waals surface area contributed by atoms with Gasteiger partial charge in [0.1, 0.15) is 11.9 Å². The van der Waals surface area contributed by atoms with E-state index in [0.717, 1.165) is 24.5 Å². The molecule has 0 aliphatic carbocycles. The Bertz CT molecular complexity index is 731. The summed E-state index contributed by atoms with van der Waals surface area (Å²) >= 11 is 0. The van der Waals surface area contributed by atoms with Gasteiger partial charge in [0.15, 0.2) is 0 Å². The van der Waals surface area contributed by atoms with Gasteiger partial charge in [-0.25, -0.2) is 4.98 Å². The second kappa shape index (κ2) is 7.19. The molecule has 6 heteroatoms. The number of carbonyl (C=O) groups is 1. The van der Waals surface area contributed by atoms with Crippen LogP contribution in [0.3, 0.4) is 0 Å². The Labute approximate surface area is 147 Å². The van der Waals surface area contributed by atoms with E-state index in [9.17, 15) is 4.79 Å². The molecule has 25 heavy (non-hydrogen) atoms. The first-order valence-electron chi connectivity index (χ1n) is 8.83. The molecule has 4 rings (SSSR count). The molecule has 2 aromatic rings. The van der Waals surface area contributed by atoms with Crippen molar-refractivity contribution in [3.05, 3.63) is 54.0 Å². The van der Waals surface area contributed by atoms with Gasteiger partial charge in [0, 0.05) is 43.8 Å². The summed E-state index contributed by atoms with van der Waals surface area (Å²) in [6.45, 7) is 3.76. The molecule has 2 fully saturated rings. The van der Waals surface area contributed by atoms with Crippen LogP contribution in [0, 0.1) is 0 Å². The zero-order valence-corrected chi connectivity index (χ0v) is 14.2. The largest absolute Gasteiger partial charge is 0.370 e. The molecule has 0 spiro atoms. The van der Waals surface area contributed by atoms with Crippen molar-refractivity contribution < 1.29 is 9.53 Å². The molecule has 2 aromatic heterocycles. The monoisotopic (exact) mass is 338 g/mol. The Kier molecular flexibility index (Phi) is 4.61. The SMILES string of the molecule is O=C(c1ccnc(N2CCCC2)c1)N1CCO[C@@H](c2ccncc2)C1. The molecule has 0 aromatic carbocycles. The number of morpholine rings is 1. The first-order valence-corrected chi connectivity index (χ1v) is 8.83. The quantitative estimate of drug-likeness (QED) is 0.859. The number of ether oxygens (including phenoxy) is 1. The highest BCUT2D eigenvalue weighted by molar-refractivity contribution is 5.95. The van der Waals surface area contributed by atoms with Crippen LogP contribution >= 0.6 is 0 Å². The van der Waals surface area contributed by atoms with Crippen molar-refractivity contribution in [3.63, 3.8) is 0 Å². The lowest BCUT2D eigenvalue weighted by molar-refractivity contribution is -0.0228. The van der Waals surface area contributed by atoms with E-state index in [2.05, 4.69) is 14.9 Å². The third-order valence-corrected chi connectivity index (χ3v) is 4.85. The number of amides is 1. The van der Waals surface area contributed by atoms with Gasteiger partial charge < -0.3 is 14.5 Å². The van der Waals surface area contributed by atoms with Gasteiger partial charge in [0.05, 0.1) is 13.2 Å². The van der Waals surface area contributed by atoms with Gasteiger partial charge in [-0.2, -0.15) is 0 Å². The standard InChI is InChI=1S/C19H22N4O2/c24-19(16-5-8-21-18(13-16)22-9-1-2-10-22)23-11-12-25-17(14-23)15-3-6-20-7-4-15/h3-8,13,17H,1-2,9-12,14H2/t17-/m1/s1. The van der Waals surface area contributed by atoms with Crippen LogP contribution in [0.2, 0.25) is 0 Å². The first-order chi connectivity index (χ1) is 12.3. The maximum Gasteiger partial charge on any atom is 0.254 e. The minimum absolute atomic E-state index is 0.0465. The van der Waals surface area contributed by atoms with Crippen molar-refractivity contribution in [2.75, 3.05) is 37.7 Å². The lowest BCUT2D eigenvalue weighted by Gasteiger charge is -2.33. The number of rotatable bonds is 3. The van der Waals surface area contributed by atoms with Crippen molar-refractivity contribution in [1.82, 2.24) is 14.9 Å². The average molecular weight is 338 g/mol. The lowest BCUT2D eigenvalue weighted by Crippen LogP contribution is -2.42. The van der Waals surface area contributed by atoms with E-state index in [1.165, 1.54) is 12.8 Å². The summed E-state index contributed by atoms with van der Waals surface area (Å²) in [4.78, 5) is 25.6. The van der Waals surface area contributed by atoms with E-state index in [1.807, 2.05) is 23.1 Å². The summed E-state index contributed by atoms with van der Waals surface area (Å²) < 4.78 is 5.84. The van der Waals surface area contributed by atoms with Crippen LogP contribution in [0.15, 0.2) is 42.9 Å². The number of hydrogen-bond donors (Lipinski definition) is 0. The third kappa shape index (κ3) is 3.49. The number of hydrogen-bond acceptors (Lipinski definition) is 5. The fourth-order valence-corrected chi connectivity index (χ4v) is 3.47. The van der Waals surface area contributed by atoms with E-state index in [0.29, 0.717) is 25.3 Å². The Hall–Kier alpha value is -2.47. The zero-order valence-electron chi connectivity index (χ0n) is 14.2. The van der Waals surface area contributed by atoms with Crippen LogP contribution in [0.25, 0.3) is 0 Å². The molecule has 0 saturated carbocycles. The second-order valence-electron chi connectivity index (χ2n) is 6.49. The molecule has 0 N–H and O–H groups in total. The van der Waals surface area contributed by atoms with Crippen molar-refractivity contribution in [2.45, 2.75) is 18.9 Å². The van der Waals surface area contributed by atoms with Crippen LogP contribution < -0.4 is 4.90 Å². The normalized spacial score (nSPS) is 20.7. The minimum Gasteiger partial charge on any atom is -0.370 e. The smallest absolute Gasteiger partial charge is 0.254 e. The Balaban J connectivity index is 1.49. The van der Waals surface area contributed by atoms with Crippen LogP contribution in [0.4, 0.5) is 5.82 Å². The lowest BCUT2D eigenvalue weighted by atomic mass is 10.1. The van der Waals surface area contributed by atoms with E-state index >= 15 is 0 Å². The van der Waals surface area contributed by atoms with E-state index in [1.54, 1.807) is 24.7 Å². The van der Waals surface area contributed by atoms with Crippen LogP contribution in [-0.2, 0) is 4.74 Å². The minimum atomic E-state index is -0.0967. The summed E-state index contributed by atoms with van der Waals surface area (Å²) in [6.07, 6.45) is 7.53. The summed E-state index contributed by atoms with van der Waals surface area (Å²) in [7, 11) is 0. The van der Waals surface area contributed by atoms with Crippen LogP contribution in [-0.4, -0.2) is 53.6 Å². The molecule has 2 aliphatic heterocycles. The summed E-state index contributed by atoms with van der Waals surface area (Å²) in [5.74, 6) is 0.951. The molecule has 4 heterocycles. The number of carbonyl (C=O) groups excluding carboxylic acids is 1. The summed E-state index contributed by atoms with van der Waals surface area (Å²) in [6, 6.07) is 7.61. The van der Waals surface area contributed by atoms with Crippen LogP contribution in [0.1, 0.15) is 34.9 Å². The predicted molar refractivity (Wildman–Crippen MR) is 94.5 cm³/mol. The van der Waals surface area contributed by atoms with Gasteiger partial charge in [0.25, 0.3) is 5.91 Å². The molecule has 1 amide bonds. The maximum atomic E-state index is 13.0. The van der Waals surface area contributed by atoms with E-state index < -0.39 is 0 Å². The number of anilines is 1. The molecular formula is C19H22N4O2. The van der Waals surface area contributed by atoms with Gasteiger partial charge in [0.2, 0.25) is 0 Å². The molecule has 2 aliphatic rings. The van der Waals surface area contributed by atoms with Crippen molar-refractivity contribution in [1.29, 1.82) is 0 Å². The topological polar surface area (TPSA) is 58.6 Å². The Morgan fingerprint density at radius 3 is 2.68 bits per heavy atom. The van der Waals surface area contributed by atoms with Gasteiger partial charge in [-0.1, -0.05) is 0 Å². The average Bonchev–Trinajstić information content (AvgIpc) is 3.23. The highest BCUT2D eigenvalue weighted by atomic mass is 16.5. The molecule has 0 unspecified atom stereocenters. The third-order valence-electron chi connectivity index (χ3n) is 4.85. The van der Waals surface area contributed by atoms with Crippen LogP contribution in [0.5, 0.6) is 0 Å². The molecule has 0 bridgehead atoms. The highest BCUT2D eigenvalue weighted by Gasteiger charge is 2.26. The second-order valence-corrected chi connectivity index (χ2v) is 6.49. The van der Waals surface area contributed by atoms with Gasteiger partial charge in [-0.3, -0.25) is 9.78 Å². The molecule has 1 atom stereocenters. The molecule has 6 nitrogen and oxygen atoms in total. The van der Waals surface area contributed by atoms with Gasteiger partial charge >= 0.3 is 0 Å². The summed E-state index contributed by atoms with van der Waals surface area (Å²) in [5.41, 5.74) is 1.76. The van der Waals surface area contributed by atoms with Gasteiger partial charge in [-0.05, 0) is 42.7 Å². The highest BCUT2D eigenvalue weighted by Crippen LogP contribution is 2.24. The fraction of sp³-hybridized carbons (Fsp3) is 0.421. The fourth-order valence-electron chi connectivity index (χ4n) is 3.47. The van der Waals surface area contributed by atoms with Crippen molar-refractivity contribution in [2.24, 2.45) is 0 Å². The molecular weight excluding hydrogens is 316 g/mol. The first kappa shape index (κ1) is 16.0. The molecule has 0 radical (unpaired) electrons. The zero-order chi connectivity index (χ0) is 17.1. The van der Waals surface area contributed by atoms with Crippen molar-refractivity contribution >= 4 is 11.7 Å². The number of aromatic nitrogens is 2. The Morgan fingerprint density at radius 2 is 1.88 bits per heavy atom. The van der Waals surface area contributed by atoms with Gasteiger partial charge in [-0.15, -0.1) is 0 Å². The molecule has 130 valence electrons. The molecule has 2 saturated heterocycles. The van der Waals surface area contributed by atoms with Crippen molar-refractivity contribution in [3.8, 4) is 0 Å².